The van der Waals surface area contributed by atoms with Crippen LogP contribution < -0.4 is 10.1 Å². The van der Waals surface area contributed by atoms with Crippen molar-refractivity contribution in [3.63, 3.8) is 0 Å². The van der Waals surface area contributed by atoms with Gasteiger partial charge in [-0.05, 0) is 50.1 Å². The van der Waals surface area contributed by atoms with Gasteiger partial charge < -0.3 is 19.6 Å². The van der Waals surface area contributed by atoms with Crippen LogP contribution in [0.15, 0.2) is 41.0 Å². The van der Waals surface area contributed by atoms with Gasteiger partial charge in [0.2, 0.25) is 0 Å². The second kappa shape index (κ2) is 7.83. The molecular weight excluding hydrogens is 294 g/mol. The van der Waals surface area contributed by atoms with Gasteiger partial charge in [-0.15, -0.1) is 0 Å². The number of amides is 1. The predicted molar refractivity (Wildman–Crippen MR) is 87.3 cm³/mol. The molecule has 0 bridgehead atoms. The molecule has 5 nitrogen and oxygen atoms in total. The fourth-order valence-electron chi connectivity index (χ4n) is 2.31. The Kier molecular flexibility index (Phi) is 5.82. The lowest BCUT2D eigenvalue weighted by molar-refractivity contribution is -0.123. The molecule has 0 fully saturated rings. The molecule has 23 heavy (non-hydrogen) atoms. The molecule has 0 radical (unpaired) electrons. The van der Waals surface area contributed by atoms with E-state index in [0.717, 1.165) is 11.1 Å². The van der Waals surface area contributed by atoms with Crippen molar-refractivity contribution in [3.8, 4) is 5.75 Å². The summed E-state index contributed by atoms with van der Waals surface area (Å²) in [6.07, 6.45) is 1.16. The topological polar surface area (TPSA) is 71.7 Å². The first-order valence-electron chi connectivity index (χ1n) is 7.66. The lowest BCUT2D eigenvalue weighted by Crippen LogP contribution is -2.37. The third kappa shape index (κ3) is 5.14. The number of nitrogens with one attached hydrogen (secondary N) is 1. The highest BCUT2D eigenvalue weighted by Crippen LogP contribution is 2.20. The summed E-state index contributed by atoms with van der Waals surface area (Å²) in [6.45, 7) is 5.70. The maximum Gasteiger partial charge on any atom is 0.258 e. The summed E-state index contributed by atoms with van der Waals surface area (Å²) in [5.74, 6) is 0.992. The Morgan fingerprint density at radius 3 is 2.83 bits per heavy atom. The first-order valence-corrected chi connectivity index (χ1v) is 7.66. The number of carbonyl (C=O) groups excluding carboxylic acids is 1. The number of aliphatic hydroxyl groups is 1. The number of benzene rings is 1. The normalized spacial score (nSPS) is 13.4. The highest BCUT2D eigenvalue weighted by atomic mass is 16.5. The molecular formula is C18H23NO4. The van der Waals surface area contributed by atoms with E-state index in [9.17, 15) is 9.90 Å². The summed E-state index contributed by atoms with van der Waals surface area (Å²) < 4.78 is 10.7. The summed E-state index contributed by atoms with van der Waals surface area (Å²) >= 11 is 0. The Bertz CT molecular complexity index is 636. The smallest absolute Gasteiger partial charge is 0.258 e. The fraction of sp³-hybridized carbons (Fsp3) is 0.389. The molecule has 2 rings (SSSR count). The number of carbonyl (C=O) groups is 1. The molecule has 5 heteroatoms. The van der Waals surface area contributed by atoms with Crippen molar-refractivity contribution in [2.24, 2.45) is 0 Å². The molecule has 1 amide bonds. The van der Waals surface area contributed by atoms with E-state index in [2.05, 4.69) is 5.32 Å². The van der Waals surface area contributed by atoms with Crippen molar-refractivity contribution in [2.75, 3.05) is 6.61 Å². The molecule has 0 saturated heterocycles. The molecule has 2 aromatic rings. The minimum absolute atomic E-state index is 0.0501. The highest BCUT2D eigenvalue weighted by Gasteiger charge is 2.16. The van der Waals surface area contributed by atoms with Crippen molar-refractivity contribution in [1.82, 2.24) is 5.32 Å². The number of hydrogen-bond donors (Lipinski definition) is 2. The van der Waals surface area contributed by atoms with Crippen LogP contribution in [-0.4, -0.2) is 23.7 Å². The van der Waals surface area contributed by atoms with Gasteiger partial charge >= 0.3 is 0 Å². The van der Waals surface area contributed by atoms with E-state index in [1.54, 1.807) is 12.1 Å². The minimum Gasteiger partial charge on any atom is -0.483 e. The van der Waals surface area contributed by atoms with Crippen molar-refractivity contribution in [3.05, 3.63) is 53.5 Å². The van der Waals surface area contributed by atoms with Crippen LogP contribution in [0.2, 0.25) is 0 Å². The summed E-state index contributed by atoms with van der Waals surface area (Å²) in [5.41, 5.74) is 2.07. The van der Waals surface area contributed by atoms with E-state index >= 15 is 0 Å². The molecule has 2 unspecified atom stereocenters. The molecule has 0 spiro atoms. The molecule has 0 aliphatic carbocycles. The third-order valence-corrected chi connectivity index (χ3v) is 3.56. The second-order valence-electron chi connectivity index (χ2n) is 5.79. The standard InChI is InChI=1S/C18H23NO4/c1-12-6-7-13(2)17(9-12)23-11-18(21)19-14(3)10-15(20)16-5-4-8-22-16/h4-9,14-15,20H,10-11H2,1-3H3,(H,19,21). The van der Waals surface area contributed by atoms with Crippen LogP contribution in [0, 0.1) is 13.8 Å². The van der Waals surface area contributed by atoms with Crippen LogP contribution in [0.4, 0.5) is 0 Å². The second-order valence-corrected chi connectivity index (χ2v) is 5.79. The summed E-state index contributed by atoms with van der Waals surface area (Å²) in [5, 5.41) is 12.8. The Balaban J connectivity index is 1.79. The van der Waals surface area contributed by atoms with Crippen molar-refractivity contribution in [1.29, 1.82) is 0 Å². The van der Waals surface area contributed by atoms with Gasteiger partial charge in [0, 0.05) is 12.5 Å². The molecule has 2 N–H and O–H groups in total. The van der Waals surface area contributed by atoms with E-state index in [1.807, 2.05) is 39.0 Å². The van der Waals surface area contributed by atoms with Gasteiger partial charge in [0.15, 0.2) is 6.61 Å². The molecule has 124 valence electrons. The zero-order valence-electron chi connectivity index (χ0n) is 13.7. The van der Waals surface area contributed by atoms with E-state index < -0.39 is 6.10 Å². The molecule has 0 aliphatic rings. The van der Waals surface area contributed by atoms with Gasteiger partial charge in [-0.1, -0.05) is 12.1 Å². The number of aliphatic hydroxyl groups excluding tert-OH is 1. The molecule has 0 saturated carbocycles. The SMILES string of the molecule is Cc1ccc(C)c(OCC(=O)NC(C)CC(O)c2ccco2)c1. The number of rotatable bonds is 7. The van der Waals surface area contributed by atoms with Crippen LogP contribution in [-0.2, 0) is 4.79 Å². The maximum atomic E-state index is 11.9. The van der Waals surface area contributed by atoms with E-state index in [-0.39, 0.29) is 18.6 Å². The van der Waals surface area contributed by atoms with Crippen LogP contribution in [0.1, 0.15) is 36.3 Å². The van der Waals surface area contributed by atoms with Crippen LogP contribution >= 0.6 is 0 Å². The monoisotopic (exact) mass is 317 g/mol. The van der Waals surface area contributed by atoms with Gasteiger partial charge in [-0.2, -0.15) is 0 Å². The van der Waals surface area contributed by atoms with Gasteiger partial charge in [-0.3, -0.25) is 4.79 Å². The Labute approximate surface area is 136 Å². The van der Waals surface area contributed by atoms with E-state index in [4.69, 9.17) is 9.15 Å². The summed E-state index contributed by atoms with van der Waals surface area (Å²) in [6, 6.07) is 9.12. The molecule has 1 aromatic carbocycles. The third-order valence-electron chi connectivity index (χ3n) is 3.56. The average Bonchev–Trinajstić information content (AvgIpc) is 3.02. The Morgan fingerprint density at radius 1 is 1.35 bits per heavy atom. The number of aryl methyl sites for hydroxylation is 2. The Morgan fingerprint density at radius 2 is 2.13 bits per heavy atom. The van der Waals surface area contributed by atoms with Gasteiger partial charge in [-0.25, -0.2) is 0 Å². The van der Waals surface area contributed by atoms with Gasteiger partial charge in [0.25, 0.3) is 5.91 Å². The lowest BCUT2D eigenvalue weighted by atomic mass is 10.1. The van der Waals surface area contributed by atoms with Crippen molar-refractivity contribution < 1.29 is 19.1 Å². The Hall–Kier alpha value is -2.27. The highest BCUT2D eigenvalue weighted by molar-refractivity contribution is 5.77. The summed E-state index contributed by atoms with van der Waals surface area (Å²) in [7, 11) is 0. The van der Waals surface area contributed by atoms with Gasteiger partial charge in [0.1, 0.15) is 17.6 Å². The fourth-order valence-corrected chi connectivity index (χ4v) is 2.31. The lowest BCUT2D eigenvalue weighted by Gasteiger charge is -2.17. The van der Waals surface area contributed by atoms with E-state index in [0.29, 0.717) is 17.9 Å². The van der Waals surface area contributed by atoms with Crippen LogP contribution in [0.3, 0.4) is 0 Å². The minimum atomic E-state index is -0.736. The van der Waals surface area contributed by atoms with Crippen LogP contribution in [0.25, 0.3) is 0 Å². The van der Waals surface area contributed by atoms with Gasteiger partial charge in [0.05, 0.1) is 6.26 Å². The number of ether oxygens (including phenoxy) is 1. The maximum absolute atomic E-state index is 11.9. The first kappa shape index (κ1) is 17.1. The van der Waals surface area contributed by atoms with E-state index in [1.165, 1.54) is 6.26 Å². The molecule has 0 aliphatic heterocycles. The molecule has 2 atom stereocenters. The number of furan rings is 1. The quantitative estimate of drug-likeness (QED) is 0.823. The molecule has 1 aromatic heterocycles. The largest absolute Gasteiger partial charge is 0.483 e. The average molecular weight is 317 g/mol. The number of hydrogen-bond acceptors (Lipinski definition) is 4. The first-order chi connectivity index (χ1) is 11.0. The zero-order valence-corrected chi connectivity index (χ0v) is 13.7. The summed E-state index contributed by atoms with van der Waals surface area (Å²) in [4.78, 5) is 11.9. The van der Waals surface area contributed by atoms with Crippen LogP contribution in [0.5, 0.6) is 5.75 Å². The predicted octanol–water partition coefficient (Wildman–Crippen LogP) is 2.90. The zero-order chi connectivity index (χ0) is 16.8. The molecule has 1 heterocycles. The van der Waals surface area contributed by atoms with Crippen molar-refractivity contribution >= 4 is 5.91 Å². The van der Waals surface area contributed by atoms with Crippen molar-refractivity contribution in [2.45, 2.75) is 39.3 Å².